The van der Waals surface area contributed by atoms with E-state index in [1.165, 1.54) is 0 Å². The second kappa shape index (κ2) is 5.82. The van der Waals surface area contributed by atoms with Crippen molar-refractivity contribution in [2.75, 3.05) is 5.73 Å². The third kappa shape index (κ3) is 3.31. The number of amides is 1. The molecule has 2 aromatic rings. The summed E-state index contributed by atoms with van der Waals surface area (Å²) in [6.07, 6.45) is 0. The first kappa shape index (κ1) is 14.8. The highest BCUT2D eigenvalue weighted by molar-refractivity contribution is 5.95. The normalized spacial score (nSPS) is 10.5. The van der Waals surface area contributed by atoms with Crippen molar-refractivity contribution in [1.29, 1.82) is 0 Å². The predicted octanol–water partition coefficient (Wildman–Crippen LogP) is 2.76. The molecule has 2 rings (SSSR count). The lowest BCUT2D eigenvalue weighted by atomic mass is 10.1. The summed E-state index contributed by atoms with van der Waals surface area (Å²) in [6.45, 7) is -0.377. The molecule has 0 fully saturated rings. The van der Waals surface area contributed by atoms with E-state index in [4.69, 9.17) is 5.73 Å². The molecule has 0 aromatic heterocycles. The van der Waals surface area contributed by atoms with E-state index in [0.29, 0.717) is 6.07 Å². The molecular weight excluding hydrogens is 288 g/mol. The van der Waals surface area contributed by atoms with Crippen molar-refractivity contribution >= 4 is 11.6 Å². The Morgan fingerprint density at radius 2 is 1.76 bits per heavy atom. The van der Waals surface area contributed by atoms with Crippen LogP contribution in [0, 0.1) is 23.3 Å². The summed E-state index contributed by atoms with van der Waals surface area (Å²) in [6, 6.07) is 4.12. The third-order valence-corrected chi connectivity index (χ3v) is 2.76. The molecule has 0 aliphatic carbocycles. The summed E-state index contributed by atoms with van der Waals surface area (Å²) < 4.78 is 53.0. The molecule has 0 aliphatic rings. The number of anilines is 1. The fraction of sp³-hybridized carbons (Fsp3) is 0.0714. The maximum atomic E-state index is 13.6. The van der Waals surface area contributed by atoms with E-state index >= 15 is 0 Å². The van der Waals surface area contributed by atoms with Gasteiger partial charge < -0.3 is 11.1 Å². The number of nitrogen functional groups attached to an aromatic ring is 1. The Morgan fingerprint density at radius 1 is 1.05 bits per heavy atom. The largest absolute Gasteiger partial charge is 0.396 e. The summed E-state index contributed by atoms with van der Waals surface area (Å²) in [4.78, 5) is 11.7. The Bertz CT molecular complexity index is 704. The Labute approximate surface area is 117 Å². The van der Waals surface area contributed by atoms with Crippen molar-refractivity contribution in [2.45, 2.75) is 6.54 Å². The van der Waals surface area contributed by atoms with Crippen molar-refractivity contribution in [3.05, 3.63) is 64.7 Å². The smallest absolute Gasteiger partial charge is 0.254 e. The van der Waals surface area contributed by atoms with Gasteiger partial charge >= 0.3 is 0 Å². The van der Waals surface area contributed by atoms with Crippen molar-refractivity contribution in [3.63, 3.8) is 0 Å². The molecule has 2 aromatic carbocycles. The maximum absolute atomic E-state index is 13.6. The van der Waals surface area contributed by atoms with Crippen LogP contribution < -0.4 is 11.1 Å². The third-order valence-electron chi connectivity index (χ3n) is 2.76. The van der Waals surface area contributed by atoms with Crippen molar-refractivity contribution in [1.82, 2.24) is 5.32 Å². The van der Waals surface area contributed by atoms with E-state index in [1.54, 1.807) is 0 Å². The van der Waals surface area contributed by atoms with E-state index in [0.717, 1.165) is 24.3 Å². The summed E-state index contributed by atoms with van der Waals surface area (Å²) in [5.74, 6) is -4.34. The summed E-state index contributed by atoms with van der Waals surface area (Å²) >= 11 is 0. The van der Waals surface area contributed by atoms with Gasteiger partial charge in [-0.15, -0.1) is 0 Å². The van der Waals surface area contributed by atoms with Crippen LogP contribution in [-0.4, -0.2) is 5.91 Å². The standard InChI is InChI=1S/C14H10F4N2O/c15-8-1-2-11(17)7(3-8)6-20-14(21)10-4-9(16)5-12(19)13(10)18/h1-5H,6,19H2,(H,20,21). The van der Waals surface area contributed by atoms with Crippen LogP contribution in [0.25, 0.3) is 0 Å². The first-order valence-corrected chi connectivity index (χ1v) is 5.85. The molecule has 7 heteroatoms. The number of rotatable bonds is 3. The second-order valence-corrected chi connectivity index (χ2v) is 4.27. The van der Waals surface area contributed by atoms with E-state index in [1.807, 2.05) is 0 Å². The van der Waals surface area contributed by atoms with Gasteiger partial charge in [0.15, 0.2) is 5.82 Å². The van der Waals surface area contributed by atoms with Crippen LogP contribution in [0.5, 0.6) is 0 Å². The molecule has 0 spiro atoms. The molecule has 21 heavy (non-hydrogen) atoms. The van der Waals surface area contributed by atoms with Crippen LogP contribution in [0.4, 0.5) is 23.2 Å². The van der Waals surface area contributed by atoms with Gasteiger partial charge in [-0.3, -0.25) is 4.79 Å². The number of carbonyl (C=O) groups is 1. The van der Waals surface area contributed by atoms with Gasteiger partial charge in [0.1, 0.15) is 17.5 Å². The van der Waals surface area contributed by atoms with Crippen LogP contribution >= 0.6 is 0 Å². The van der Waals surface area contributed by atoms with Crippen molar-refractivity contribution < 1.29 is 22.4 Å². The Morgan fingerprint density at radius 3 is 2.48 bits per heavy atom. The zero-order valence-corrected chi connectivity index (χ0v) is 10.6. The molecule has 3 nitrogen and oxygen atoms in total. The average molecular weight is 298 g/mol. The molecule has 0 unspecified atom stereocenters. The molecule has 110 valence electrons. The minimum absolute atomic E-state index is 0.117. The maximum Gasteiger partial charge on any atom is 0.254 e. The number of benzene rings is 2. The second-order valence-electron chi connectivity index (χ2n) is 4.27. The van der Waals surface area contributed by atoms with Crippen LogP contribution in [0.2, 0.25) is 0 Å². The molecule has 0 atom stereocenters. The molecule has 0 bridgehead atoms. The SMILES string of the molecule is Nc1cc(F)cc(C(=O)NCc2cc(F)ccc2F)c1F. The minimum atomic E-state index is -1.08. The molecule has 3 N–H and O–H groups in total. The number of nitrogens with two attached hydrogens (primary N) is 1. The fourth-order valence-corrected chi connectivity index (χ4v) is 1.73. The zero-order valence-electron chi connectivity index (χ0n) is 10.6. The molecular formula is C14H10F4N2O. The summed E-state index contributed by atoms with van der Waals surface area (Å²) in [7, 11) is 0. The topological polar surface area (TPSA) is 55.1 Å². The highest BCUT2D eigenvalue weighted by atomic mass is 19.1. The number of hydrogen-bond donors (Lipinski definition) is 2. The Kier molecular flexibility index (Phi) is 4.11. The van der Waals surface area contributed by atoms with E-state index in [2.05, 4.69) is 5.32 Å². The lowest BCUT2D eigenvalue weighted by Crippen LogP contribution is -2.25. The van der Waals surface area contributed by atoms with Crippen LogP contribution in [0.3, 0.4) is 0 Å². The van der Waals surface area contributed by atoms with Gasteiger partial charge in [0.25, 0.3) is 5.91 Å². The first-order valence-electron chi connectivity index (χ1n) is 5.85. The highest BCUT2D eigenvalue weighted by Gasteiger charge is 2.16. The van der Waals surface area contributed by atoms with Gasteiger partial charge in [0.05, 0.1) is 11.3 Å². The lowest BCUT2D eigenvalue weighted by molar-refractivity contribution is 0.0946. The van der Waals surface area contributed by atoms with Gasteiger partial charge in [-0.1, -0.05) is 0 Å². The Hall–Kier alpha value is -2.57. The molecule has 0 aliphatic heterocycles. The minimum Gasteiger partial charge on any atom is -0.396 e. The van der Waals surface area contributed by atoms with E-state index in [9.17, 15) is 22.4 Å². The van der Waals surface area contributed by atoms with Gasteiger partial charge in [-0.05, 0) is 30.3 Å². The average Bonchev–Trinajstić information content (AvgIpc) is 2.43. The molecule has 0 saturated carbocycles. The zero-order chi connectivity index (χ0) is 15.6. The van der Waals surface area contributed by atoms with E-state index in [-0.39, 0.29) is 12.1 Å². The summed E-state index contributed by atoms with van der Waals surface area (Å²) in [5, 5.41) is 2.17. The van der Waals surface area contributed by atoms with Gasteiger partial charge in [0.2, 0.25) is 0 Å². The Balaban J connectivity index is 2.17. The molecule has 0 radical (unpaired) electrons. The molecule has 0 saturated heterocycles. The van der Waals surface area contributed by atoms with E-state index < -0.39 is 40.4 Å². The highest BCUT2D eigenvalue weighted by Crippen LogP contribution is 2.17. The summed E-state index contributed by atoms with van der Waals surface area (Å²) in [5.41, 5.74) is 3.96. The van der Waals surface area contributed by atoms with Crippen LogP contribution in [0.1, 0.15) is 15.9 Å². The fourth-order valence-electron chi connectivity index (χ4n) is 1.73. The van der Waals surface area contributed by atoms with Crippen molar-refractivity contribution in [3.8, 4) is 0 Å². The monoisotopic (exact) mass is 298 g/mol. The van der Waals surface area contributed by atoms with Gasteiger partial charge in [-0.2, -0.15) is 0 Å². The van der Waals surface area contributed by atoms with Crippen LogP contribution in [-0.2, 0) is 6.54 Å². The lowest BCUT2D eigenvalue weighted by Gasteiger charge is -2.08. The predicted molar refractivity (Wildman–Crippen MR) is 68.3 cm³/mol. The molecule has 1 amide bonds. The van der Waals surface area contributed by atoms with Crippen molar-refractivity contribution in [2.24, 2.45) is 0 Å². The van der Waals surface area contributed by atoms with Crippen LogP contribution in [0.15, 0.2) is 30.3 Å². The number of nitrogens with one attached hydrogen (secondary N) is 1. The first-order chi connectivity index (χ1) is 9.88. The number of halogens is 4. The van der Waals surface area contributed by atoms with Gasteiger partial charge in [0, 0.05) is 12.1 Å². The number of carbonyl (C=O) groups excluding carboxylic acids is 1. The molecule has 0 heterocycles. The quantitative estimate of drug-likeness (QED) is 0.676. The number of hydrogen-bond acceptors (Lipinski definition) is 2. The van der Waals surface area contributed by atoms with Gasteiger partial charge in [-0.25, -0.2) is 17.6 Å².